The van der Waals surface area contributed by atoms with E-state index < -0.39 is 75.1 Å². The smallest absolute Gasteiger partial charge is 0.324 e. The van der Waals surface area contributed by atoms with Crippen molar-refractivity contribution in [2.75, 3.05) is 0 Å². The maximum atomic E-state index is 14.3. The second-order valence-corrected chi connectivity index (χ2v) is 9.06. The molecule has 41 heavy (non-hydrogen) atoms. The van der Waals surface area contributed by atoms with Gasteiger partial charge in [0, 0.05) is 0 Å². The van der Waals surface area contributed by atoms with Crippen molar-refractivity contribution in [1.29, 1.82) is 0 Å². The van der Waals surface area contributed by atoms with Gasteiger partial charge in [0.2, 0.25) is 0 Å². The van der Waals surface area contributed by atoms with Gasteiger partial charge in [-0.05, 0) is 0 Å². The summed E-state index contributed by atoms with van der Waals surface area (Å²) in [6.45, 7) is 0. The quantitative estimate of drug-likeness (QED) is 0.180. The average molecular weight is 702 g/mol. The van der Waals surface area contributed by atoms with Crippen molar-refractivity contribution in [3.63, 3.8) is 0 Å². The number of hydrogen-bond donors (Lipinski definition) is 0. The fraction of sp³-hybridized carbons (Fsp3) is 1.00. The number of rotatable bonds is 9. The topological polar surface area (TPSA) is 27.7 Å². The molecule has 0 aliphatic heterocycles. The molecule has 30 heteroatoms. The highest BCUT2D eigenvalue weighted by Crippen LogP contribution is 2.61. The molecule has 0 aromatic heterocycles. The van der Waals surface area contributed by atoms with E-state index in [9.17, 15) is 114 Å². The molecule has 0 saturated heterocycles. The molecule has 0 aliphatic carbocycles. The van der Waals surface area contributed by atoms with Gasteiger partial charge in [0.15, 0.2) is 0 Å². The molecule has 0 N–H and O–H groups in total. The van der Waals surface area contributed by atoms with Crippen molar-refractivity contribution in [1.82, 2.24) is 0 Å². The predicted molar refractivity (Wildman–Crippen MR) is 67.9 cm³/mol. The predicted octanol–water partition coefficient (Wildman–Crippen LogP) is 8.08. The SMILES string of the molecule is FC(F)(F)C(F)(F)O[Si](OC(F)(F)C(F)(F)F)(OC(F)(C(F)(F)F)C(F)(F)C(F)(F)C(F)(F)F)C(F)(F)C(F)(F)F. The van der Waals surface area contributed by atoms with Crippen LogP contribution in [0.5, 0.6) is 0 Å². The third-order valence-corrected chi connectivity index (χ3v) is 6.37. The summed E-state index contributed by atoms with van der Waals surface area (Å²) >= 11 is 0. The van der Waals surface area contributed by atoms with E-state index in [4.69, 9.17) is 0 Å². The van der Waals surface area contributed by atoms with Gasteiger partial charge in [0.1, 0.15) is 0 Å². The Bertz CT molecular complexity index is 891. The lowest BCUT2D eigenvalue weighted by Crippen LogP contribution is -2.79. The minimum Gasteiger partial charge on any atom is -0.324 e. The van der Waals surface area contributed by atoms with Crippen LogP contribution in [0.1, 0.15) is 0 Å². The Morgan fingerprint density at radius 1 is 0.293 bits per heavy atom. The van der Waals surface area contributed by atoms with Crippen LogP contribution in [0.15, 0.2) is 0 Å². The first-order chi connectivity index (χ1) is 17.1. The molecule has 3 nitrogen and oxygen atoms in total. The van der Waals surface area contributed by atoms with Gasteiger partial charge in [-0.1, -0.05) is 0 Å². The van der Waals surface area contributed by atoms with E-state index in [1.807, 2.05) is 0 Å². The van der Waals surface area contributed by atoms with Crippen molar-refractivity contribution >= 4 is 8.80 Å². The Kier molecular flexibility index (Phi) is 9.49. The van der Waals surface area contributed by atoms with E-state index in [-0.39, 0.29) is 0 Å². The fourth-order valence-corrected chi connectivity index (χ4v) is 4.12. The van der Waals surface area contributed by atoms with E-state index in [1.165, 1.54) is 8.85 Å². The van der Waals surface area contributed by atoms with Crippen molar-refractivity contribution in [3.8, 4) is 0 Å². The first kappa shape index (κ1) is 39.3. The lowest BCUT2D eigenvalue weighted by molar-refractivity contribution is -0.469. The minimum atomic E-state index is -11.3. The molecule has 0 saturated carbocycles. The Morgan fingerprint density at radius 2 is 0.585 bits per heavy atom. The van der Waals surface area contributed by atoms with Gasteiger partial charge >= 0.3 is 75.1 Å². The lowest BCUT2D eigenvalue weighted by atomic mass is 10.0. The normalized spacial score (nSPS) is 18.0. The molecule has 0 aliphatic rings. The second-order valence-electron chi connectivity index (χ2n) is 6.70. The highest BCUT2D eigenvalue weighted by Gasteiger charge is 2.94. The van der Waals surface area contributed by atoms with Gasteiger partial charge in [-0.3, -0.25) is 0 Å². The lowest BCUT2D eigenvalue weighted by Gasteiger charge is -2.45. The van der Waals surface area contributed by atoms with Crippen LogP contribution < -0.4 is 0 Å². The van der Waals surface area contributed by atoms with Gasteiger partial charge in [0.25, 0.3) is 0 Å². The molecule has 0 amide bonds. The first-order valence-corrected chi connectivity index (χ1v) is 9.86. The molecule has 0 radical (unpaired) electrons. The van der Waals surface area contributed by atoms with E-state index >= 15 is 0 Å². The number of halogens is 26. The molecule has 1 unspecified atom stereocenters. The van der Waals surface area contributed by atoms with Crippen molar-refractivity contribution in [2.45, 2.75) is 66.3 Å². The van der Waals surface area contributed by atoms with E-state index in [1.54, 1.807) is 0 Å². The van der Waals surface area contributed by atoms with E-state index in [0.29, 0.717) is 0 Å². The van der Waals surface area contributed by atoms with Crippen LogP contribution in [0.25, 0.3) is 0 Å². The standard InChI is InChI=1S/C11F26O3Si/c12-1(13,2(14,15)4(17,18)19)3(16,5(20,21)22)38-41(11(36,37)8(29,30)31,39-9(32,33)6(23,24)25)40-10(34,35)7(26,27)28. The largest absolute Gasteiger partial charge is 0.598 e. The van der Waals surface area contributed by atoms with Gasteiger partial charge in [0.05, 0.1) is 0 Å². The summed E-state index contributed by atoms with van der Waals surface area (Å²) in [4.78, 5) is 0. The third-order valence-electron chi connectivity index (χ3n) is 3.72. The molecule has 1 atom stereocenters. The zero-order valence-corrected chi connectivity index (χ0v) is 18.1. The summed E-state index contributed by atoms with van der Waals surface area (Å²) in [7, 11) is -11.3. The Labute approximate surface area is 204 Å². The van der Waals surface area contributed by atoms with Crippen LogP contribution in [-0.2, 0) is 13.3 Å². The molecule has 0 bridgehead atoms. The Morgan fingerprint density at radius 3 is 0.780 bits per heavy atom. The van der Waals surface area contributed by atoms with Crippen LogP contribution in [0, 0.1) is 0 Å². The molecule has 0 aromatic rings. The maximum Gasteiger partial charge on any atom is 0.598 e. The average Bonchev–Trinajstić information content (AvgIpc) is 2.61. The fourth-order valence-electron chi connectivity index (χ4n) is 1.75. The molecule has 0 aromatic carbocycles. The van der Waals surface area contributed by atoms with Gasteiger partial charge < -0.3 is 13.3 Å². The summed E-state index contributed by atoms with van der Waals surface area (Å²) in [5.41, 5.74) is -8.99. The van der Waals surface area contributed by atoms with E-state index in [0.717, 1.165) is 4.43 Å². The number of hydrogen-bond acceptors (Lipinski definition) is 3. The van der Waals surface area contributed by atoms with Crippen molar-refractivity contribution in [2.24, 2.45) is 0 Å². The summed E-state index contributed by atoms with van der Waals surface area (Å²) in [5, 5.41) is 0. The summed E-state index contributed by atoms with van der Waals surface area (Å²) < 4.78 is 340. The van der Waals surface area contributed by atoms with Crippen molar-refractivity contribution < 1.29 is 127 Å². The first-order valence-electron chi connectivity index (χ1n) is 8.14. The summed E-state index contributed by atoms with van der Waals surface area (Å²) in [6, 6.07) is 0. The van der Waals surface area contributed by atoms with Crippen molar-refractivity contribution in [3.05, 3.63) is 0 Å². The highest BCUT2D eigenvalue weighted by molar-refractivity contribution is 6.64. The molecule has 0 fully saturated rings. The highest BCUT2D eigenvalue weighted by atomic mass is 28.4. The second kappa shape index (κ2) is 9.91. The minimum absolute atomic E-state index is 1.13. The molecule has 0 spiro atoms. The molecular weight excluding hydrogens is 702 g/mol. The van der Waals surface area contributed by atoms with Gasteiger partial charge in [-0.2, -0.15) is 114 Å². The Balaban J connectivity index is 8.32. The van der Waals surface area contributed by atoms with Crippen LogP contribution >= 0.6 is 0 Å². The molecular formula is C11F26O3Si. The number of alkyl halides is 26. The summed E-state index contributed by atoms with van der Waals surface area (Å²) in [5.74, 6) is -27.4. The molecule has 0 rings (SSSR count). The summed E-state index contributed by atoms with van der Waals surface area (Å²) in [6.07, 6.45) is -58.8. The Hall–Kier alpha value is -1.72. The van der Waals surface area contributed by atoms with Crippen LogP contribution in [0.2, 0.25) is 0 Å². The van der Waals surface area contributed by atoms with Gasteiger partial charge in [-0.25, -0.2) is 0 Å². The van der Waals surface area contributed by atoms with E-state index in [2.05, 4.69) is 0 Å². The zero-order chi connectivity index (χ0) is 34.1. The zero-order valence-electron chi connectivity index (χ0n) is 17.1. The van der Waals surface area contributed by atoms with Crippen LogP contribution in [-0.4, -0.2) is 75.1 Å². The monoisotopic (exact) mass is 702 g/mol. The molecule has 0 heterocycles. The van der Waals surface area contributed by atoms with Gasteiger partial charge in [-0.15, -0.1) is 0 Å². The van der Waals surface area contributed by atoms with Crippen LogP contribution in [0.3, 0.4) is 0 Å². The molecule has 248 valence electrons. The third kappa shape index (κ3) is 6.46. The maximum absolute atomic E-state index is 14.3. The van der Waals surface area contributed by atoms with Crippen LogP contribution in [0.4, 0.5) is 114 Å².